The summed E-state index contributed by atoms with van der Waals surface area (Å²) < 4.78 is 13.3. The van der Waals surface area contributed by atoms with E-state index in [-0.39, 0.29) is 6.10 Å². The van der Waals surface area contributed by atoms with Crippen LogP contribution in [-0.4, -0.2) is 16.1 Å². The second kappa shape index (κ2) is 13.6. The Morgan fingerprint density at radius 2 is 1.39 bits per heavy atom. The second-order valence-electron chi connectivity index (χ2n) is 15.5. The Morgan fingerprint density at radius 3 is 2.25 bits per heavy atom. The Kier molecular flexibility index (Phi) is 7.73. The van der Waals surface area contributed by atoms with Crippen LogP contribution in [0.15, 0.2) is 209 Å². The summed E-state index contributed by atoms with van der Waals surface area (Å²) in [5, 5.41) is 5.41. The van der Waals surface area contributed by atoms with Crippen LogP contribution in [0.25, 0.3) is 77.4 Å². The van der Waals surface area contributed by atoms with Gasteiger partial charge in [0, 0.05) is 67.3 Å². The van der Waals surface area contributed by atoms with Crippen molar-refractivity contribution >= 4 is 55.0 Å². The van der Waals surface area contributed by atoms with Gasteiger partial charge in [-0.15, -0.1) is 0 Å². The van der Waals surface area contributed by atoms with Crippen molar-refractivity contribution in [2.75, 3.05) is 4.90 Å². The maximum absolute atomic E-state index is 6.87. The summed E-state index contributed by atoms with van der Waals surface area (Å²) in [4.78, 5) is 12.8. The van der Waals surface area contributed by atoms with Crippen molar-refractivity contribution in [1.29, 1.82) is 0 Å². The fraction of sp³-hybridized carbons (Fsp3) is 0.0741. The van der Waals surface area contributed by atoms with Gasteiger partial charge in [0.2, 0.25) is 0 Å². The molecule has 0 N–H and O–H groups in total. The zero-order valence-corrected chi connectivity index (χ0v) is 32.2. The lowest BCUT2D eigenvalue weighted by Crippen LogP contribution is -2.21. The standard InChI is InChI=1S/C54H37N3O2/c1-3-14-36(15-4-1)52-43-20-9-11-21-47(43)55-54(56-52)37-31-45(51-44-29-25-34-13-7-8-18-41(34)53(44)59-50(51)32-37)35-23-26-39(27-24-35)57(38-16-5-2-6-17-38)40-28-30-49-46(33-40)42-19-10-12-22-48(42)58-49/h1-9,11-18,20-29,31-33,49H,10,19,30H2. The van der Waals surface area contributed by atoms with Crippen LogP contribution in [0.1, 0.15) is 19.3 Å². The van der Waals surface area contributed by atoms with E-state index < -0.39 is 0 Å². The van der Waals surface area contributed by atoms with Gasteiger partial charge >= 0.3 is 0 Å². The van der Waals surface area contributed by atoms with Gasteiger partial charge in [-0.25, -0.2) is 9.97 Å². The maximum atomic E-state index is 6.87. The molecule has 0 saturated heterocycles. The van der Waals surface area contributed by atoms with Crippen molar-refractivity contribution < 1.29 is 9.15 Å². The van der Waals surface area contributed by atoms with Gasteiger partial charge in [0.15, 0.2) is 5.82 Å². The molecule has 0 bridgehead atoms. The second-order valence-corrected chi connectivity index (χ2v) is 15.5. The monoisotopic (exact) mass is 759 g/mol. The summed E-state index contributed by atoms with van der Waals surface area (Å²) in [5.74, 6) is 1.69. The molecule has 3 aliphatic rings. The summed E-state index contributed by atoms with van der Waals surface area (Å²) in [7, 11) is 0. The highest BCUT2D eigenvalue weighted by Gasteiger charge is 2.33. The highest BCUT2D eigenvalue weighted by atomic mass is 16.5. The minimum Gasteiger partial charge on any atom is -0.485 e. The van der Waals surface area contributed by atoms with E-state index in [9.17, 15) is 0 Å². The number of anilines is 2. The maximum Gasteiger partial charge on any atom is 0.160 e. The van der Waals surface area contributed by atoms with E-state index in [0.717, 1.165) is 114 Å². The highest BCUT2D eigenvalue weighted by Crippen LogP contribution is 2.45. The molecule has 1 aliphatic heterocycles. The van der Waals surface area contributed by atoms with Crippen LogP contribution in [0, 0.1) is 0 Å². The predicted molar refractivity (Wildman–Crippen MR) is 240 cm³/mol. The molecule has 280 valence electrons. The quantitative estimate of drug-likeness (QED) is 0.169. The van der Waals surface area contributed by atoms with Crippen LogP contribution < -0.4 is 4.90 Å². The number of benzene rings is 7. The smallest absolute Gasteiger partial charge is 0.160 e. The van der Waals surface area contributed by atoms with Crippen molar-refractivity contribution in [2.45, 2.75) is 25.4 Å². The molecule has 3 heterocycles. The number of allylic oxidation sites excluding steroid dienone is 3. The first-order valence-electron chi connectivity index (χ1n) is 20.4. The fourth-order valence-electron chi connectivity index (χ4n) is 9.23. The van der Waals surface area contributed by atoms with Crippen LogP contribution in [0.2, 0.25) is 0 Å². The molecular weight excluding hydrogens is 723 g/mol. The Labute approximate surface area is 341 Å². The largest absolute Gasteiger partial charge is 0.485 e. The van der Waals surface area contributed by atoms with Crippen molar-refractivity contribution in [1.82, 2.24) is 9.97 Å². The van der Waals surface area contributed by atoms with Crippen molar-refractivity contribution in [3.63, 3.8) is 0 Å². The third-order valence-corrected chi connectivity index (χ3v) is 12.0. The number of para-hydroxylation sites is 2. The first-order chi connectivity index (χ1) is 29.2. The molecule has 2 aromatic heterocycles. The lowest BCUT2D eigenvalue weighted by Gasteiger charge is -2.30. The number of rotatable bonds is 6. The normalized spacial score (nSPS) is 16.0. The molecule has 5 heteroatoms. The number of fused-ring (bicyclic) bond motifs is 8. The Hall–Kier alpha value is -7.50. The molecule has 0 amide bonds. The Morgan fingerprint density at radius 1 is 0.627 bits per heavy atom. The summed E-state index contributed by atoms with van der Waals surface area (Å²) in [6.45, 7) is 0. The van der Waals surface area contributed by atoms with Gasteiger partial charge in [-0.05, 0) is 90.0 Å². The fourth-order valence-corrected chi connectivity index (χ4v) is 9.23. The van der Waals surface area contributed by atoms with E-state index >= 15 is 0 Å². The zero-order valence-electron chi connectivity index (χ0n) is 32.2. The van der Waals surface area contributed by atoms with E-state index in [1.54, 1.807) is 0 Å². The molecule has 0 spiro atoms. The average molecular weight is 760 g/mol. The topological polar surface area (TPSA) is 51.4 Å². The molecule has 12 rings (SSSR count). The number of hydrogen-bond acceptors (Lipinski definition) is 5. The molecule has 1 atom stereocenters. The van der Waals surface area contributed by atoms with Gasteiger partial charge in [-0.1, -0.05) is 121 Å². The summed E-state index contributed by atoms with van der Waals surface area (Å²) in [5.41, 5.74) is 13.6. The molecule has 0 radical (unpaired) electrons. The SMILES string of the molecule is C1=CC2=C(CC1)C1=CC(N(c3ccccc3)c3ccc(-c4cc(-c5nc(-c6ccccc6)c6ccccc6n5)cc5oc6c7ccccc7ccc6c45)cc3)=CCC1O2. The van der Waals surface area contributed by atoms with E-state index in [1.165, 1.54) is 11.1 Å². The van der Waals surface area contributed by atoms with Gasteiger partial charge in [-0.2, -0.15) is 0 Å². The average Bonchev–Trinajstić information content (AvgIpc) is 3.88. The minimum absolute atomic E-state index is 0.0819. The minimum atomic E-state index is 0.0819. The van der Waals surface area contributed by atoms with Crippen LogP contribution in [0.4, 0.5) is 11.4 Å². The third kappa shape index (κ3) is 5.61. The van der Waals surface area contributed by atoms with Crippen molar-refractivity contribution in [3.8, 4) is 33.8 Å². The lowest BCUT2D eigenvalue weighted by atomic mass is 9.90. The lowest BCUT2D eigenvalue weighted by molar-refractivity contribution is 0.177. The molecule has 7 aromatic carbocycles. The molecule has 59 heavy (non-hydrogen) atoms. The van der Waals surface area contributed by atoms with Crippen LogP contribution in [0.5, 0.6) is 0 Å². The van der Waals surface area contributed by atoms with Gasteiger partial charge in [-0.3, -0.25) is 0 Å². The van der Waals surface area contributed by atoms with E-state index in [2.05, 4.69) is 169 Å². The van der Waals surface area contributed by atoms with Gasteiger partial charge in [0.05, 0.1) is 11.2 Å². The van der Waals surface area contributed by atoms with E-state index in [4.69, 9.17) is 19.1 Å². The molecule has 5 nitrogen and oxygen atoms in total. The van der Waals surface area contributed by atoms with Gasteiger partial charge in [0.1, 0.15) is 23.0 Å². The molecule has 1 unspecified atom stereocenters. The predicted octanol–water partition coefficient (Wildman–Crippen LogP) is 14.0. The number of nitrogens with zero attached hydrogens (tertiary/aromatic N) is 3. The summed E-state index contributed by atoms with van der Waals surface area (Å²) >= 11 is 0. The van der Waals surface area contributed by atoms with E-state index in [0.29, 0.717) is 5.82 Å². The van der Waals surface area contributed by atoms with Gasteiger partial charge in [0.25, 0.3) is 0 Å². The number of furan rings is 1. The Balaban J connectivity index is 1.03. The highest BCUT2D eigenvalue weighted by molar-refractivity contribution is 6.19. The summed E-state index contributed by atoms with van der Waals surface area (Å²) in [6, 6.07) is 55.4. The number of ether oxygens (including phenoxy) is 1. The zero-order chi connectivity index (χ0) is 38.9. The number of aromatic nitrogens is 2. The molecular formula is C54H37N3O2. The molecule has 0 fully saturated rings. The van der Waals surface area contributed by atoms with Crippen molar-refractivity contribution in [3.05, 3.63) is 205 Å². The van der Waals surface area contributed by atoms with Crippen LogP contribution in [0.3, 0.4) is 0 Å². The van der Waals surface area contributed by atoms with Crippen LogP contribution in [-0.2, 0) is 4.74 Å². The summed E-state index contributed by atoms with van der Waals surface area (Å²) in [6.07, 6.45) is 12.0. The Bertz CT molecular complexity index is 3260. The number of hydrogen-bond donors (Lipinski definition) is 0. The van der Waals surface area contributed by atoms with E-state index in [1.807, 2.05) is 18.2 Å². The van der Waals surface area contributed by atoms with Gasteiger partial charge < -0.3 is 14.1 Å². The van der Waals surface area contributed by atoms with Crippen LogP contribution >= 0.6 is 0 Å². The van der Waals surface area contributed by atoms with Crippen molar-refractivity contribution in [2.24, 2.45) is 0 Å². The molecule has 9 aromatic rings. The third-order valence-electron chi connectivity index (χ3n) is 12.0. The molecule has 2 aliphatic carbocycles. The molecule has 0 saturated carbocycles. The first-order valence-corrected chi connectivity index (χ1v) is 20.4. The first kappa shape index (κ1) is 33.6.